The normalized spacial score (nSPS) is 15.9. The van der Waals surface area contributed by atoms with Crippen LogP contribution in [0, 0.1) is 0 Å². The number of rotatable bonds is 1. The van der Waals surface area contributed by atoms with Crippen LogP contribution in [0.15, 0.2) is 6.07 Å². The Labute approximate surface area is 93.3 Å². The van der Waals surface area contributed by atoms with E-state index in [4.69, 9.17) is 5.11 Å². The maximum Gasteiger partial charge on any atom is 0.407 e. The number of nitrogens with zero attached hydrogens (tertiary/aromatic N) is 1. The molecule has 2 heterocycles. The van der Waals surface area contributed by atoms with Gasteiger partial charge in [0.05, 0.1) is 0 Å². The molecule has 0 radical (unpaired) electrons. The van der Waals surface area contributed by atoms with Crippen LogP contribution in [-0.4, -0.2) is 29.2 Å². The van der Waals surface area contributed by atoms with Crippen LogP contribution >= 0.6 is 11.3 Å². The first-order valence-corrected chi connectivity index (χ1v) is 6.10. The topological polar surface area (TPSA) is 40.5 Å². The van der Waals surface area contributed by atoms with Crippen molar-refractivity contribution in [3.8, 4) is 0 Å². The van der Waals surface area contributed by atoms with Gasteiger partial charge in [0.1, 0.15) is 0 Å². The smallest absolute Gasteiger partial charge is 0.407 e. The molecule has 1 aromatic heterocycles. The molecule has 0 atom stereocenters. The maximum absolute atomic E-state index is 10.8. The van der Waals surface area contributed by atoms with Gasteiger partial charge in [0.15, 0.2) is 0 Å². The molecule has 3 nitrogen and oxygen atoms in total. The molecule has 1 aliphatic heterocycles. The minimum atomic E-state index is -0.791. The molecule has 1 aromatic rings. The highest BCUT2D eigenvalue weighted by atomic mass is 32.1. The number of hydrogen-bond acceptors (Lipinski definition) is 2. The lowest BCUT2D eigenvalue weighted by Crippen LogP contribution is -2.31. The standard InChI is InChI=1S/C11H15NO2S/c1-2-9-7-8-3-5-12(11(13)14)6-4-10(8)15-9/h7H,2-6H2,1H3,(H,13,14). The lowest BCUT2D eigenvalue weighted by molar-refractivity contribution is 0.147. The summed E-state index contributed by atoms with van der Waals surface area (Å²) in [5.74, 6) is 0. The molecular formula is C11H15NO2S. The molecule has 15 heavy (non-hydrogen) atoms. The minimum absolute atomic E-state index is 0.641. The lowest BCUT2D eigenvalue weighted by atomic mass is 10.1. The summed E-state index contributed by atoms with van der Waals surface area (Å²) >= 11 is 1.84. The van der Waals surface area contributed by atoms with E-state index in [1.54, 1.807) is 0 Å². The highest BCUT2D eigenvalue weighted by molar-refractivity contribution is 7.12. The molecule has 0 saturated heterocycles. The molecule has 0 unspecified atom stereocenters. The van der Waals surface area contributed by atoms with Crippen molar-refractivity contribution in [2.45, 2.75) is 26.2 Å². The Morgan fingerprint density at radius 2 is 2.27 bits per heavy atom. The summed E-state index contributed by atoms with van der Waals surface area (Å²) in [7, 11) is 0. The molecule has 1 aliphatic rings. The number of carboxylic acid groups (broad SMARTS) is 1. The van der Waals surface area contributed by atoms with Gasteiger partial charge in [-0.25, -0.2) is 4.79 Å². The third kappa shape index (κ3) is 2.15. The molecular weight excluding hydrogens is 210 g/mol. The van der Waals surface area contributed by atoms with E-state index in [1.807, 2.05) is 11.3 Å². The van der Waals surface area contributed by atoms with Crippen LogP contribution in [0.25, 0.3) is 0 Å². The van der Waals surface area contributed by atoms with E-state index in [2.05, 4.69) is 13.0 Å². The molecule has 0 bridgehead atoms. The average Bonchev–Trinajstić information content (AvgIpc) is 2.51. The van der Waals surface area contributed by atoms with Crippen molar-refractivity contribution in [3.63, 3.8) is 0 Å². The first-order valence-electron chi connectivity index (χ1n) is 5.29. The van der Waals surface area contributed by atoms with E-state index in [-0.39, 0.29) is 0 Å². The summed E-state index contributed by atoms with van der Waals surface area (Å²) in [4.78, 5) is 15.1. The fourth-order valence-corrected chi connectivity index (χ4v) is 3.07. The molecule has 1 amide bonds. The van der Waals surface area contributed by atoms with E-state index >= 15 is 0 Å². The lowest BCUT2D eigenvalue weighted by Gasteiger charge is -2.15. The van der Waals surface area contributed by atoms with E-state index in [0.29, 0.717) is 13.1 Å². The van der Waals surface area contributed by atoms with Crippen molar-refractivity contribution in [1.82, 2.24) is 4.90 Å². The summed E-state index contributed by atoms with van der Waals surface area (Å²) in [6.45, 7) is 3.45. The fourth-order valence-electron chi connectivity index (χ4n) is 1.92. The number of carbonyl (C=O) groups is 1. The highest BCUT2D eigenvalue weighted by Crippen LogP contribution is 2.26. The number of aryl methyl sites for hydroxylation is 1. The van der Waals surface area contributed by atoms with Gasteiger partial charge in [-0.15, -0.1) is 11.3 Å². The molecule has 0 saturated carbocycles. The Kier molecular flexibility index (Phi) is 2.95. The van der Waals surface area contributed by atoms with Crippen LogP contribution in [0.3, 0.4) is 0 Å². The second kappa shape index (κ2) is 4.23. The highest BCUT2D eigenvalue weighted by Gasteiger charge is 2.19. The van der Waals surface area contributed by atoms with E-state index in [9.17, 15) is 4.79 Å². The van der Waals surface area contributed by atoms with Crippen molar-refractivity contribution in [1.29, 1.82) is 0 Å². The van der Waals surface area contributed by atoms with Gasteiger partial charge >= 0.3 is 6.09 Å². The zero-order valence-electron chi connectivity index (χ0n) is 8.82. The van der Waals surface area contributed by atoms with Crippen molar-refractivity contribution in [2.24, 2.45) is 0 Å². The predicted molar refractivity (Wildman–Crippen MR) is 60.7 cm³/mol. The largest absolute Gasteiger partial charge is 0.465 e. The van der Waals surface area contributed by atoms with E-state index in [0.717, 1.165) is 19.3 Å². The van der Waals surface area contributed by atoms with Gasteiger partial charge in [0.25, 0.3) is 0 Å². The molecule has 4 heteroatoms. The first-order chi connectivity index (χ1) is 7.20. The zero-order chi connectivity index (χ0) is 10.8. The number of fused-ring (bicyclic) bond motifs is 1. The fraction of sp³-hybridized carbons (Fsp3) is 0.545. The van der Waals surface area contributed by atoms with E-state index in [1.165, 1.54) is 20.2 Å². The molecule has 2 rings (SSSR count). The zero-order valence-corrected chi connectivity index (χ0v) is 9.64. The van der Waals surface area contributed by atoms with Crippen molar-refractivity contribution in [2.75, 3.05) is 13.1 Å². The van der Waals surface area contributed by atoms with Gasteiger partial charge in [-0.2, -0.15) is 0 Å². The molecule has 82 valence electrons. The predicted octanol–water partition coefficient (Wildman–Crippen LogP) is 2.39. The average molecular weight is 225 g/mol. The number of hydrogen-bond donors (Lipinski definition) is 1. The second-order valence-corrected chi connectivity index (χ2v) is 5.01. The van der Waals surface area contributed by atoms with Gasteiger partial charge in [-0.3, -0.25) is 0 Å². The van der Waals surface area contributed by atoms with Crippen LogP contribution < -0.4 is 0 Å². The van der Waals surface area contributed by atoms with Gasteiger partial charge in [-0.05, 0) is 30.9 Å². The summed E-state index contributed by atoms with van der Waals surface area (Å²) in [5.41, 5.74) is 1.36. The van der Waals surface area contributed by atoms with E-state index < -0.39 is 6.09 Å². The van der Waals surface area contributed by atoms with Crippen LogP contribution in [-0.2, 0) is 19.3 Å². The van der Waals surface area contributed by atoms with Crippen molar-refractivity contribution >= 4 is 17.4 Å². The summed E-state index contributed by atoms with van der Waals surface area (Å²) in [6.07, 6.45) is 2.05. The third-order valence-corrected chi connectivity index (χ3v) is 4.21. The molecule has 0 aromatic carbocycles. The second-order valence-electron chi connectivity index (χ2n) is 3.78. The minimum Gasteiger partial charge on any atom is -0.465 e. The van der Waals surface area contributed by atoms with Gasteiger partial charge in [0.2, 0.25) is 0 Å². The Hall–Kier alpha value is -1.03. The van der Waals surface area contributed by atoms with Gasteiger partial charge in [-0.1, -0.05) is 6.92 Å². The third-order valence-electron chi connectivity index (χ3n) is 2.83. The van der Waals surface area contributed by atoms with Crippen molar-refractivity contribution < 1.29 is 9.90 Å². The summed E-state index contributed by atoms with van der Waals surface area (Å²) < 4.78 is 0. The summed E-state index contributed by atoms with van der Waals surface area (Å²) in [6, 6.07) is 2.24. The quantitative estimate of drug-likeness (QED) is 0.797. The molecule has 0 spiro atoms. The maximum atomic E-state index is 10.8. The van der Waals surface area contributed by atoms with Gasteiger partial charge < -0.3 is 10.0 Å². The molecule has 0 fully saturated rings. The first kappa shape index (κ1) is 10.5. The van der Waals surface area contributed by atoms with Crippen molar-refractivity contribution in [3.05, 3.63) is 21.4 Å². The molecule has 0 aliphatic carbocycles. The number of thiophene rings is 1. The van der Waals surface area contributed by atoms with Crippen LogP contribution in [0.2, 0.25) is 0 Å². The van der Waals surface area contributed by atoms with Gasteiger partial charge in [0, 0.05) is 22.8 Å². The van der Waals surface area contributed by atoms with Crippen LogP contribution in [0.4, 0.5) is 4.79 Å². The SMILES string of the molecule is CCc1cc2c(s1)CCN(C(=O)O)CC2. The number of amides is 1. The Morgan fingerprint density at radius 1 is 1.53 bits per heavy atom. The Morgan fingerprint density at radius 3 is 2.93 bits per heavy atom. The van der Waals surface area contributed by atoms with Crippen LogP contribution in [0.1, 0.15) is 22.2 Å². The summed E-state index contributed by atoms with van der Waals surface area (Å²) in [5, 5.41) is 8.91. The van der Waals surface area contributed by atoms with Crippen LogP contribution in [0.5, 0.6) is 0 Å². The Balaban J connectivity index is 2.14. The molecule has 1 N–H and O–H groups in total. The Bertz CT molecular complexity index is 347. The monoisotopic (exact) mass is 225 g/mol.